The molecule has 2 heterocycles. The van der Waals surface area contributed by atoms with Crippen LogP contribution in [0.25, 0.3) is 17.0 Å². The van der Waals surface area contributed by atoms with Crippen LogP contribution in [0.5, 0.6) is 5.75 Å². The van der Waals surface area contributed by atoms with Crippen LogP contribution >= 0.6 is 0 Å². The Morgan fingerprint density at radius 3 is 2.75 bits per heavy atom. The lowest BCUT2D eigenvalue weighted by Crippen LogP contribution is -1.96. The summed E-state index contributed by atoms with van der Waals surface area (Å²) in [5.41, 5.74) is 3.07. The Bertz CT molecular complexity index is 792. The summed E-state index contributed by atoms with van der Waals surface area (Å²) in [5, 5.41) is 4.38. The number of nitrogens with zero attached hydrogens (tertiary/aromatic N) is 1. The first-order chi connectivity index (χ1) is 9.90. The topological polar surface area (TPSA) is 34.1 Å². The molecule has 3 heteroatoms. The van der Waals surface area contributed by atoms with E-state index in [1.165, 1.54) is 0 Å². The summed E-state index contributed by atoms with van der Waals surface area (Å²) < 4.78 is 5.79. The third-order valence-corrected chi connectivity index (χ3v) is 3.33. The van der Waals surface area contributed by atoms with Crippen molar-refractivity contribution < 1.29 is 4.74 Å². The Morgan fingerprint density at radius 1 is 0.950 bits per heavy atom. The average Bonchev–Trinajstić information content (AvgIpc) is 2.90. The molecule has 0 bridgehead atoms. The van der Waals surface area contributed by atoms with Crippen molar-refractivity contribution in [1.29, 1.82) is 0 Å². The molecule has 4 rings (SSSR count). The van der Waals surface area contributed by atoms with Gasteiger partial charge in [-0.25, -0.2) is 0 Å². The predicted molar refractivity (Wildman–Crippen MR) is 80.4 cm³/mol. The second-order valence-corrected chi connectivity index (χ2v) is 4.65. The average molecular weight is 260 g/mol. The van der Waals surface area contributed by atoms with Crippen LogP contribution in [-0.4, -0.2) is 4.98 Å². The van der Waals surface area contributed by atoms with Gasteiger partial charge in [-0.3, -0.25) is 4.98 Å². The number of hydrogen-bond acceptors (Lipinski definition) is 3. The van der Waals surface area contributed by atoms with Crippen molar-refractivity contribution in [2.45, 2.75) is 0 Å². The molecular formula is C17H12N2O. The highest BCUT2D eigenvalue weighted by molar-refractivity contribution is 5.88. The summed E-state index contributed by atoms with van der Waals surface area (Å²) in [6, 6.07) is 18.0. The van der Waals surface area contributed by atoms with E-state index in [0.29, 0.717) is 0 Å². The van der Waals surface area contributed by atoms with Gasteiger partial charge >= 0.3 is 0 Å². The zero-order valence-corrected chi connectivity index (χ0v) is 10.7. The minimum Gasteiger partial charge on any atom is -0.439 e. The van der Waals surface area contributed by atoms with E-state index in [-0.39, 0.29) is 0 Å². The molecule has 1 N–H and O–H groups in total. The van der Waals surface area contributed by atoms with Gasteiger partial charge in [-0.2, -0.15) is 0 Å². The molecule has 0 amide bonds. The number of nitrogens with one attached hydrogen (secondary N) is 1. The maximum absolute atomic E-state index is 5.79. The number of fused-ring (bicyclic) bond motifs is 2. The highest BCUT2D eigenvalue weighted by Gasteiger charge is 2.15. The van der Waals surface area contributed by atoms with E-state index in [0.717, 1.165) is 33.8 Å². The molecule has 0 fully saturated rings. The van der Waals surface area contributed by atoms with E-state index in [9.17, 15) is 0 Å². The largest absolute Gasteiger partial charge is 0.439 e. The van der Waals surface area contributed by atoms with E-state index in [1.807, 2.05) is 60.8 Å². The molecule has 0 saturated heterocycles. The van der Waals surface area contributed by atoms with Crippen LogP contribution in [0, 0.1) is 0 Å². The number of pyridine rings is 1. The third kappa shape index (κ3) is 1.80. The number of ether oxygens (including phenoxy) is 1. The SMILES string of the molecule is C(=C1\Nc2ccccc2O1)/c1ccnc2ccccc12. The Morgan fingerprint density at radius 2 is 1.80 bits per heavy atom. The summed E-state index contributed by atoms with van der Waals surface area (Å²) in [7, 11) is 0. The first kappa shape index (κ1) is 11.1. The van der Waals surface area contributed by atoms with E-state index < -0.39 is 0 Å². The Balaban J connectivity index is 1.78. The van der Waals surface area contributed by atoms with Gasteiger partial charge in [0.15, 0.2) is 11.6 Å². The van der Waals surface area contributed by atoms with Crippen LogP contribution < -0.4 is 10.1 Å². The lowest BCUT2D eigenvalue weighted by atomic mass is 10.1. The van der Waals surface area contributed by atoms with Crippen molar-refractivity contribution in [3.8, 4) is 5.75 Å². The molecule has 1 aliphatic rings. The maximum Gasteiger partial charge on any atom is 0.198 e. The van der Waals surface area contributed by atoms with Crippen molar-refractivity contribution in [3.63, 3.8) is 0 Å². The Hall–Kier alpha value is -2.81. The van der Waals surface area contributed by atoms with Gasteiger partial charge in [-0.15, -0.1) is 0 Å². The van der Waals surface area contributed by atoms with Crippen LogP contribution in [0.15, 0.2) is 66.7 Å². The van der Waals surface area contributed by atoms with Crippen molar-refractivity contribution in [3.05, 3.63) is 72.2 Å². The van der Waals surface area contributed by atoms with Crippen LogP contribution in [0.4, 0.5) is 5.69 Å². The van der Waals surface area contributed by atoms with Crippen LogP contribution in [0.1, 0.15) is 5.56 Å². The summed E-state index contributed by atoms with van der Waals surface area (Å²) in [4.78, 5) is 4.37. The molecular weight excluding hydrogens is 248 g/mol. The van der Waals surface area contributed by atoms with E-state index in [1.54, 1.807) is 0 Å². The zero-order valence-electron chi connectivity index (χ0n) is 10.7. The van der Waals surface area contributed by atoms with Gasteiger partial charge in [0.05, 0.1) is 11.2 Å². The van der Waals surface area contributed by atoms with Crippen LogP contribution in [0.3, 0.4) is 0 Å². The minimum absolute atomic E-state index is 0.738. The lowest BCUT2D eigenvalue weighted by molar-refractivity contribution is 0.462. The molecule has 3 nitrogen and oxygen atoms in total. The number of anilines is 1. The highest BCUT2D eigenvalue weighted by Crippen LogP contribution is 2.33. The Labute approximate surface area is 116 Å². The quantitative estimate of drug-likeness (QED) is 0.717. The smallest absolute Gasteiger partial charge is 0.198 e. The van der Waals surface area contributed by atoms with Crippen LogP contribution in [0.2, 0.25) is 0 Å². The molecule has 96 valence electrons. The molecule has 2 aromatic carbocycles. The van der Waals surface area contributed by atoms with Gasteiger partial charge < -0.3 is 10.1 Å². The molecule has 0 aliphatic carbocycles. The number of aromatic nitrogens is 1. The van der Waals surface area contributed by atoms with Gasteiger partial charge in [0.1, 0.15) is 0 Å². The van der Waals surface area contributed by atoms with Crippen molar-refractivity contribution in [2.24, 2.45) is 0 Å². The molecule has 0 spiro atoms. The fourth-order valence-corrected chi connectivity index (χ4v) is 2.39. The first-order valence-electron chi connectivity index (χ1n) is 6.49. The highest BCUT2D eigenvalue weighted by atomic mass is 16.5. The van der Waals surface area contributed by atoms with E-state index >= 15 is 0 Å². The zero-order chi connectivity index (χ0) is 13.4. The van der Waals surface area contributed by atoms with Gasteiger partial charge in [-0.05, 0) is 29.8 Å². The summed E-state index contributed by atoms with van der Waals surface area (Å²) in [5.74, 6) is 1.60. The molecule has 0 radical (unpaired) electrons. The fourth-order valence-electron chi connectivity index (χ4n) is 2.39. The molecule has 0 unspecified atom stereocenters. The van der Waals surface area contributed by atoms with E-state index in [4.69, 9.17) is 4.74 Å². The number of para-hydroxylation sites is 3. The van der Waals surface area contributed by atoms with Crippen molar-refractivity contribution in [1.82, 2.24) is 4.98 Å². The number of hydrogen-bond donors (Lipinski definition) is 1. The van der Waals surface area contributed by atoms with Crippen molar-refractivity contribution >= 4 is 22.7 Å². The van der Waals surface area contributed by atoms with E-state index in [2.05, 4.69) is 16.4 Å². The van der Waals surface area contributed by atoms with Gasteiger partial charge in [0, 0.05) is 17.7 Å². The van der Waals surface area contributed by atoms with Crippen molar-refractivity contribution in [2.75, 3.05) is 5.32 Å². The predicted octanol–water partition coefficient (Wildman–Crippen LogP) is 4.04. The summed E-state index contributed by atoms with van der Waals surface area (Å²) >= 11 is 0. The standard InChI is InChI=1S/C17H12N2O/c1-2-6-14-13(5-1)12(9-10-18-14)11-17-19-15-7-3-4-8-16(15)20-17/h1-11,19H/b17-11-. The second-order valence-electron chi connectivity index (χ2n) is 4.65. The molecule has 1 aromatic heterocycles. The molecule has 0 saturated carbocycles. The molecule has 3 aromatic rings. The second kappa shape index (κ2) is 4.38. The van der Waals surface area contributed by atoms with Gasteiger partial charge in [0.25, 0.3) is 0 Å². The summed E-state index contributed by atoms with van der Waals surface area (Å²) in [6.07, 6.45) is 3.82. The normalized spacial score (nSPS) is 14.9. The Kier molecular flexibility index (Phi) is 2.42. The maximum atomic E-state index is 5.79. The molecule has 20 heavy (non-hydrogen) atoms. The van der Waals surface area contributed by atoms with Crippen LogP contribution in [-0.2, 0) is 0 Å². The number of benzene rings is 2. The summed E-state index contributed by atoms with van der Waals surface area (Å²) in [6.45, 7) is 0. The lowest BCUT2D eigenvalue weighted by Gasteiger charge is -2.03. The van der Waals surface area contributed by atoms with Gasteiger partial charge in [0.2, 0.25) is 0 Å². The minimum atomic E-state index is 0.738. The third-order valence-electron chi connectivity index (χ3n) is 3.33. The molecule has 0 atom stereocenters. The number of rotatable bonds is 1. The molecule has 1 aliphatic heterocycles. The fraction of sp³-hybridized carbons (Fsp3) is 0. The first-order valence-corrected chi connectivity index (χ1v) is 6.49. The van der Waals surface area contributed by atoms with Gasteiger partial charge in [-0.1, -0.05) is 30.3 Å². The monoisotopic (exact) mass is 260 g/mol.